The number of fused-ring (bicyclic) bond motifs is 1. The average Bonchev–Trinajstić information content (AvgIpc) is 2.85. The number of rotatable bonds is 2. The first kappa shape index (κ1) is 11.9. The molecule has 2 aromatic carbocycles. The Kier molecular flexibility index (Phi) is 3.18. The Labute approximate surface area is 114 Å². The van der Waals surface area contributed by atoms with Gasteiger partial charge in [-0.05, 0) is 22.8 Å². The highest BCUT2D eigenvalue weighted by atomic mass is 79.9. The zero-order valence-corrected chi connectivity index (χ0v) is 11.3. The number of alkyl halides is 1. The Bertz CT molecular complexity index is 582. The van der Waals surface area contributed by atoms with Crippen molar-refractivity contribution < 1.29 is 9.13 Å². The molecular weight excluding hydrogens is 295 g/mol. The maximum absolute atomic E-state index is 13.7. The Balaban J connectivity index is 1.98. The first-order valence-electron chi connectivity index (χ1n) is 5.83. The van der Waals surface area contributed by atoms with E-state index in [0.29, 0.717) is 18.8 Å². The van der Waals surface area contributed by atoms with Crippen LogP contribution in [0.5, 0.6) is 0 Å². The Morgan fingerprint density at radius 1 is 1.06 bits per heavy atom. The molecule has 1 nitrogen and oxygen atoms in total. The van der Waals surface area contributed by atoms with Crippen molar-refractivity contribution in [1.29, 1.82) is 0 Å². The van der Waals surface area contributed by atoms with Crippen molar-refractivity contribution in [3.63, 3.8) is 0 Å². The number of halogens is 2. The molecule has 0 aliphatic carbocycles. The number of benzene rings is 2. The predicted molar refractivity (Wildman–Crippen MR) is 72.1 cm³/mol. The van der Waals surface area contributed by atoms with Crippen LogP contribution in [0, 0.1) is 5.82 Å². The molecule has 0 saturated heterocycles. The Morgan fingerprint density at radius 3 is 2.67 bits per heavy atom. The molecular formula is C15H12BrFO. The third-order valence-electron chi connectivity index (χ3n) is 3.22. The van der Waals surface area contributed by atoms with Crippen LogP contribution in [0.1, 0.15) is 27.1 Å². The fourth-order valence-electron chi connectivity index (χ4n) is 2.21. The normalized spacial score (nSPS) is 15.4. The van der Waals surface area contributed by atoms with Gasteiger partial charge in [0.05, 0.1) is 18.0 Å². The molecule has 92 valence electrons. The highest BCUT2D eigenvalue weighted by Gasteiger charge is 2.17. The van der Waals surface area contributed by atoms with Gasteiger partial charge in [0.25, 0.3) is 0 Å². The van der Waals surface area contributed by atoms with Gasteiger partial charge in [-0.2, -0.15) is 0 Å². The van der Waals surface area contributed by atoms with Crippen molar-refractivity contribution in [1.82, 2.24) is 0 Å². The van der Waals surface area contributed by atoms with Gasteiger partial charge >= 0.3 is 0 Å². The maximum atomic E-state index is 13.7. The minimum Gasteiger partial charge on any atom is -0.372 e. The van der Waals surface area contributed by atoms with E-state index in [0.717, 1.165) is 5.56 Å². The molecule has 0 saturated carbocycles. The maximum Gasteiger partial charge on any atom is 0.127 e. The van der Waals surface area contributed by atoms with E-state index in [1.165, 1.54) is 17.2 Å². The minimum absolute atomic E-state index is 0.121. The van der Waals surface area contributed by atoms with Gasteiger partial charge in [0, 0.05) is 5.56 Å². The lowest BCUT2D eigenvalue weighted by atomic mass is 10.0. The first-order valence-corrected chi connectivity index (χ1v) is 6.75. The van der Waals surface area contributed by atoms with Gasteiger partial charge in [-0.25, -0.2) is 4.39 Å². The van der Waals surface area contributed by atoms with E-state index in [1.807, 2.05) is 12.1 Å². The summed E-state index contributed by atoms with van der Waals surface area (Å²) in [7, 11) is 0. The van der Waals surface area contributed by atoms with Crippen LogP contribution in [0.2, 0.25) is 0 Å². The number of ether oxygens (including phenoxy) is 1. The standard InChI is InChI=1S/C15H12BrFO/c16-15(13-3-1-2-4-14(13)17)10-5-6-11-8-18-9-12(11)7-10/h1-7,15H,8-9H2. The minimum atomic E-state index is -0.184. The van der Waals surface area contributed by atoms with Crippen molar-refractivity contribution >= 4 is 15.9 Å². The van der Waals surface area contributed by atoms with Crippen LogP contribution in [0.3, 0.4) is 0 Å². The summed E-state index contributed by atoms with van der Waals surface area (Å²) in [6.07, 6.45) is 0. The molecule has 0 spiro atoms. The predicted octanol–water partition coefficient (Wildman–Crippen LogP) is 4.34. The molecule has 2 aromatic rings. The van der Waals surface area contributed by atoms with Gasteiger partial charge in [0.15, 0.2) is 0 Å². The van der Waals surface area contributed by atoms with Crippen molar-refractivity contribution in [2.45, 2.75) is 18.0 Å². The SMILES string of the molecule is Fc1ccccc1C(Br)c1ccc2c(c1)COC2. The van der Waals surface area contributed by atoms with Crippen LogP contribution in [0.4, 0.5) is 4.39 Å². The molecule has 0 bridgehead atoms. The van der Waals surface area contributed by atoms with E-state index in [-0.39, 0.29) is 10.6 Å². The van der Waals surface area contributed by atoms with Crippen molar-refractivity contribution in [3.8, 4) is 0 Å². The van der Waals surface area contributed by atoms with Gasteiger partial charge < -0.3 is 4.74 Å². The van der Waals surface area contributed by atoms with E-state index >= 15 is 0 Å². The number of hydrogen-bond acceptors (Lipinski definition) is 1. The largest absolute Gasteiger partial charge is 0.372 e. The summed E-state index contributed by atoms with van der Waals surface area (Å²) >= 11 is 3.57. The molecule has 1 aliphatic rings. The lowest BCUT2D eigenvalue weighted by Gasteiger charge is -2.12. The van der Waals surface area contributed by atoms with Gasteiger partial charge in [-0.15, -0.1) is 0 Å². The molecule has 18 heavy (non-hydrogen) atoms. The van der Waals surface area contributed by atoms with E-state index in [4.69, 9.17) is 4.74 Å². The second kappa shape index (κ2) is 4.82. The molecule has 1 heterocycles. The second-order valence-electron chi connectivity index (χ2n) is 4.41. The Morgan fingerprint density at radius 2 is 1.83 bits per heavy atom. The van der Waals surface area contributed by atoms with Crippen molar-refractivity contribution in [3.05, 3.63) is 70.5 Å². The lowest BCUT2D eigenvalue weighted by molar-refractivity contribution is 0.134. The molecule has 0 radical (unpaired) electrons. The van der Waals surface area contributed by atoms with Crippen LogP contribution in [0.25, 0.3) is 0 Å². The highest BCUT2D eigenvalue weighted by Crippen LogP contribution is 2.34. The fourth-order valence-corrected chi connectivity index (χ4v) is 2.87. The monoisotopic (exact) mass is 306 g/mol. The molecule has 1 atom stereocenters. The molecule has 0 fully saturated rings. The summed E-state index contributed by atoms with van der Waals surface area (Å²) in [4.78, 5) is -0.121. The summed E-state index contributed by atoms with van der Waals surface area (Å²) in [5.41, 5.74) is 4.15. The molecule has 3 heteroatoms. The quantitative estimate of drug-likeness (QED) is 0.750. The summed E-state index contributed by atoms with van der Waals surface area (Å²) in [5, 5.41) is 0. The summed E-state index contributed by atoms with van der Waals surface area (Å²) in [6.45, 7) is 1.34. The van der Waals surface area contributed by atoms with E-state index in [1.54, 1.807) is 12.1 Å². The first-order chi connectivity index (χ1) is 8.75. The fraction of sp³-hybridized carbons (Fsp3) is 0.200. The molecule has 1 aliphatic heterocycles. The zero-order chi connectivity index (χ0) is 12.5. The summed E-state index contributed by atoms with van der Waals surface area (Å²) < 4.78 is 19.1. The van der Waals surface area contributed by atoms with Crippen LogP contribution in [0.15, 0.2) is 42.5 Å². The number of hydrogen-bond donors (Lipinski definition) is 0. The topological polar surface area (TPSA) is 9.23 Å². The van der Waals surface area contributed by atoms with Gasteiger partial charge in [-0.3, -0.25) is 0 Å². The Hall–Kier alpha value is -1.19. The van der Waals surface area contributed by atoms with Crippen LogP contribution >= 0.6 is 15.9 Å². The summed E-state index contributed by atoms with van der Waals surface area (Å²) in [5.74, 6) is -0.184. The second-order valence-corrected chi connectivity index (χ2v) is 5.32. The van der Waals surface area contributed by atoms with E-state index in [9.17, 15) is 4.39 Å². The molecule has 0 amide bonds. The van der Waals surface area contributed by atoms with Crippen LogP contribution < -0.4 is 0 Å². The molecule has 3 rings (SSSR count). The lowest BCUT2D eigenvalue weighted by Crippen LogP contribution is -1.97. The van der Waals surface area contributed by atoms with Crippen molar-refractivity contribution in [2.24, 2.45) is 0 Å². The smallest absolute Gasteiger partial charge is 0.127 e. The van der Waals surface area contributed by atoms with Crippen LogP contribution in [-0.4, -0.2) is 0 Å². The molecule has 0 aromatic heterocycles. The third kappa shape index (κ3) is 2.08. The van der Waals surface area contributed by atoms with Gasteiger partial charge in [0.2, 0.25) is 0 Å². The summed E-state index contributed by atoms with van der Waals surface area (Å²) in [6, 6.07) is 13.0. The zero-order valence-electron chi connectivity index (χ0n) is 9.70. The van der Waals surface area contributed by atoms with Gasteiger partial charge in [-0.1, -0.05) is 52.3 Å². The van der Waals surface area contributed by atoms with Gasteiger partial charge in [0.1, 0.15) is 5.82 Å². The van der Waals surface area contributed by atoms with E-state index in [2.05, 4.69) is 28.1 Å². The molecule has 1 unspecified atom stereocenters. The highest BCUT2D eigenvalue weighted by molar-refractivity contribution is 9.09. The van der Waals surface area contributed by atoms with Crippen LogP contribution in [-0.2, 0) is 18.0 Å². The molecule has 0 N–H and O–H groups in total. The van der Waals surface area contributed by atoms with Crippen molar-refractivity contribution in [2.75, 3.05) is 0 Å². The van der Waals surface area contributed by atoms with E-state index < -0.39 is 0 Å². The third-order valence-corrected chi connectivity index (χ3v) is 4.24. The average molecular weight is 307 g/mol.